The molecule has 24 heavy (non-hydrogen) atoms. The Morgan fingerprint density at radius 1 is 1.25 bits per heavy atom. The van der Waals surface area contributed by atoms with Crippen molar-refractivity contribution in [3.05, 3.63) is 12.4 Å². The summed E-state index contributed by atoms with van der Waals surface area (Å²) in [6, 6.07) is 2.06. The summed E-state index contributed by atoms with van der Waals surface area (Å²) in [5.41, 5.74) is 0. The molecule has 0 bridgehead atoms. The molecule has 0 aromatic carbocycles. The standard InChI is InChI=1S/C17H28N4O3/c1-13-7-21(9-15(24-13)11-23-2)17-6-16(18-12-19-17)20-5-3-4-14(8-20)10-22/h6,12-15,22H,3-5,7-11H2,1-2H3. The van der Waals surface area contributed by atoms with E-state index in [2.05, 4.69) is 32.8 Å². The minimum atomic E-state index is 0.0610. The summed E-state index contributed by atoms with van der Waals surface area (Å²) in [5, 5.41) is 9.43. The van der Waals surface area contributed by atoms with Crippen molar-refractivity contribution in [1.82, 2.24) is 9.97 Å². The minimum absolute atomic E-state index is 0.0610. The van der Waals surface area contributed by atoms with Gasteiger partial charge in [-0.2, -0.15) is 0 Å². The van der Waals surface area contributed by atoms with Gasteiger partial charge in [0.05, 0.1) is 18.8 Å². The van der Waals surface area contributed by atoms with E-state index >= 15 is 0 Å². The lowest BCUT2D eigenvalue weighted by atomic mass is 9.99. The van der Waals surface area contributed by atoms with Crippen LogP contribution in [0.3, 0.4) is 0 Å². The third kappa shape index (κ3) is 4.15. The zero-order valence-corrected chi connectivity index (χ0v) is 14.6. The lowest BCUT2D eigenvalue weighted by Gasteiger charge is -2.38. The van der Waals surface area contributed by atoms with Crippen molar-refractivity contribution in [1.29, 1.82) is 0 Å². The molecule has 1 aromatic heterocycles. The maximum atomic E-state index is 9.43. The smallest absolute Gasteiger partial charge is 0.134 e. The number of aliphatic hydroxyl groups is 1. The molecule has 0 amide bonds. The van der Waals surface area contributed by atoms with Crippen LogP contribution in [0.25, 0.3) is 0 Å². The fraction of sp³-hybridized carbons (Fsp3) is 0.765. The van der Waals surface area contributed by atoms with Gasteiger partial charge in [0.15, 0.2) is 0 Å². The van der Waals surface area contributed by atoms with Gasteiger partial charge in [-0.15, -0.1) is 0 Å². The molecule has 134 valence electrons. The normalized spacial score (nSPS) is 28.2. The number of anilines is 2. The summed E-state index contributed by atoms with van der Waals surface area (Å²) >= 11 is 0. The molecule has 3 atom stereocenters. The fourth-order valence-corrected chi connectivity index (χ4v) is 3.62. The molecular formula is C17H28N4O3. The van der Waals surface area contributed by atoms with E-state index in [1.54, 1.807) is 13.4 Å². The Kier molecular flexibility index (Phi) is 5.86. The fourth-order valence-electron chi connectivity index (χ4n) is 3.62. The zero-order valence-electron chi connectivity index (χ0n) is 14.6. The molecule has 7 nitrogen and oxygen atoms in total. The predicted octanol–water partition coefficient (Wildman–Crippen LogP) is 0.925. The second kappa shape index (κ2) is 8.09. The van der Waals surface area contributed by atoms with Crippen molar-refractivity contribution in [2.45, 2.75) is 32.0 Å². The van der Waals surface area contributed by atoms with Crippen LogP contribution in [0, 0.1) is 5.92 Å². The molecule has 2 saturated heterocycles. The first-order valence-electron chi connectivity index (χ1n) is 8.76. The van der Waals surface area contributed by atoms with E-state index in [0.717, 1.165) is 50.7 Å². The number of nitrogens with zero attached hydrogens (tertiary/aromatic N) is 4. The monoisotopic (exact) mass is 336 g/mol. The maximum Gasteiger partial charge on any atom is 0.134 e. The molecule has 3 rings (SSSR count). The van der Waals surface area contributed by atoms with E-state index < -0.39 is 0 Å². The summed E-state index contributed by atoms with van der Waals surface area (Å²) in [7, 11) is 1.70. The van der Waals surface area contributed by atoms with Crippen LogP contribution in [-0.2, 0) is 9.47 Å². The topological polar surface area (TPSA) is 71.0 Å². The molecule has 2 fully saturated rings. The molecule has 0 radical (unpaired) electrons. The highest BCUT2D eigenvalue weighted by molar-refractivity contribution is 5.50. The first kappa shape index (κ1) is 17.4. The lowest BCUT2D eigenvalue weighted by Crippen LogP contribution is -2.48. The quantitative estimate of drug-likeness (QED) is 0.857. The molecule has 3 heterocycles. The van der Waals surface area contributed by atoms with Crippen LogP contribution in [0.5, 0.6) is 0 Å². The van der Waals surface area contributed by atoms with Gasteiger partial charge in [-0.25, -0.2) is 9.97 Å². The molecular weight excluding hydrogens is 308 g/mol. The van der Waals surface area contributed by atoms with Gasteiger partial charge in [-0.1, -0.05) is 0 Å². The van der Waals surface area contributed by atoms with Crippen LogP contribution >= 0.6 is 0 Å². The van der Waals surface area contributed by atoms with E-state index in [9.17, 15) is 5.11 Å². The molecule has 0 aliphatic carbocycles. The van der Waals surface area contributed by atoms with E-state index in [1.807, 2.05) is 0 Å². The van der Waals surface area contributed by atoms with Gasteiger partial charge in [0.1, 0.15) is 18.0 Å². The number of hydrogen-bond donors (Lipinski definition) is 1. The molecule has 0 saturated carbocycles. The SMILES string of the molecule is COCC1CN(c2cc(N3CCCC(CO)C3)ncn2)CC(C)O1. The molecule has 1 N–H and O–H groups in total. The Bertz CT molecular complexity index is 530. The van der Waals surface area contributed by atoms with E-state index in [1.165, 1.54) is 0 Å². The van der Waals surface area contributed by atoms with Crippen LogP contribution < -0.4 is 9.80 Å². The van der Waals surface area contributed by atoms with E-state index in [0.29, 0.717) is 12.5 Å². The lowest BCUT2D eigenvalue weighted by molar-refractivity contribution is -0.0512. The van der Waals surface area contributed by atoms with Gasteiger partial charge in [0, 0.05) is 46.0 Å². The summed E-state index contributed by atoms with van der Waals surface area (Å²) < 4.78 is 11.1. The zero-order chi connectivity index (χ0) is 16.9. The number of rotatable bonds is 5. The Morgan fingerprint density at radius 3 is 2.79 bits per heavy atom. The molecule has 7 heteroatoms. The highest BCUT2D eigenvalue weighted by Gasteiger charge is 2.27. The predicted molar refractivity (Wildman–Crippen MR) is 92.5 cm³/mol. The number of aliphatic hydroxyl groups excluding tert-OH is 1. The first-order chi connectivity index (χ1) is 11.7. The molecule has 2 aliphatic heterocycles. The second-order valence-corrected chi connectivity index (χ2v) is 6.80. The average molecular weight is 336 g/mol. The number of hydrogen-bond acceptors (Lipinski definition) is 7. The number of piperidine rings is 1. The van der Waals surface area contributed by atoms with Crippen LogP contribution in [0.15, 0.2) is 12.4 Å². The van der Waals surface area contributed by atoms with Crippen LogP contribution in [0.4, 0.5) is 11.6 Å². The minimum Gasteiger partial charge on any atom is -0.396 e. The van der Waals surface area contributed by atoms with Gasteiger partial charge in [0.2, 0.25) is 0 Å². The van der Waals surface area contributed by atoms with Crippen molar-refractivity contribution < 1.29 is 14.6 Å². The molecule has 3 unspecified atom stereocenters. The van der Waals surface area contributed by atoms with Gasteiger partial charge in [-0.05, 0) is 25.7 Å². The molecule has 1 aromatic rings. The second-order valence-electron chi connectivity index (χ2n) is 6.80. The van der Waals surface area contributed by atoms with Gasteiger partial charge < -0.3 is 24.4 Å². The number of methoxy groups -OCH3 is 1. The Labute approximate surface area is 143 Å². The van der Waals surface area contributed by atoms with E-state index in [-0.39, 0.29) is 18.8 Å². The summed E-state index contributed by atoms with van der Waals surface area (Å²) in [5.74, 6) is 2.22. The van der Waals surface area contributed by atoms with E-state index in [4.69, 9.17) is 9.47 Å². The maximum absolute atomic E-state index is 9.43. The third-order valence-electron chi connectivity index (χ3n) is 4.74. The first-order valence-corrected chi connectivity index (χ1v) is 8.76. The van der Waals surface area contributed by atoms with Crippen molar-refractivity contribution in [2.75, 3.05) is 56.3 Å². The average Bonchev–Trinajstić information content (AvgIpc) is 2.62. The Balaban J connectivity index is 1.72. The Hall–Kier alpha value is -1.44. The van der Waals surface area contributed by atoms with Crippen LogP contribution in [0.1, 0.15) is 19.8 Å². The van der Waals surface area contributed by atoms with Gasteiger partial charge in [0.25, 0.3) is 0 Å². The number of morpholine rings is 1. The van der Waals surface area contributed by atoms with Crippen molar-refractivity contribution >= 4 is 11.6 Å². The van der Waals surface area contributed by atoms with Crippen molar-refractivity contribution in [3.8, 4) is 0 Å². The molecule has 2 aliphatic rings. The third-order valence-corrected chi connectivity index (χ3v) is 4.74. The highest BCUT2D eigenvalue weighted by atomic mass is 16.5. The molecule has 0 spiro atoms. The van der Waals surface area contributed by atoms with Gasteiger partial charge in [-0.3, -0.25) is 0 Å². The number of ether oxygens (including phenoxy) is 2. The van der Waals surface area contributed by atoms with Crippen LogP contribution in [-0.4, -0.2) is 73.8 Å². The summed E-state index contributed by atoms with van der Waals surface area (Å²) in [4.78, 5) is 13.4. The number of aromatic nitrogens is 2. The van der Waals surface area contributed by atoms with Crippen LogP contribution in [0.2, 0.25) is 0 Å². The highest BCUT2D eigenvalue weighted by Crippen LogP contribution is 2.25. The van der Waals surface area contributed by atoms with Crippen molar-refractivity contribution in [2.24, 2.45) is 5.92 Å². The largest absolute Gasteiger partial charge is 0.396 e. The summed E-state index contributed by atoms with van der Waals surface area (Å²) in [6.45, 7) is 6.34. The van der Waals surface area contributed by atoms with Crippen molar-refractivity contribution in [3.63, 3.8) is 0 Å². The summed E-state index contributed by atoms with van der Waals surface area (Å²) in [6.07, 6.45) is 4.02. The Morgan fingerprint density at radius 2 is 2.04 bits per heavy atom. The van der Waals surface area contributed by atoms with Gasteiger partial charge >= 0.3 is 0 Å².